The molecule has 23 heavy (non-hydrogen) atoms. The minimum absolute atomic E-state index is 0.0231. The Morgan fingerprint density at radius 2 is 2.09 bits per heavy atom. The number of hydrogen-bond donors (Lipinski definition) is 1. The first-order valence-electron chi connectivity index (χ1n) is 6.43. The molecule has 1 heterocycles. The molecule has 1 aromatic carbocycles. The highest BCUT2D eigenvalue weighted by molar-refractivity contribution is 6.35. The molecule has 0 radical (unpaired) electrons. The number of hydrogen-bond acceptors (Lipinski definition) is 4. The molecule has 0 unspecified atom stereocenters. The molecule has 0 bridgehead atoms. The first-order chi connectivity index (χ1) is 10.8. The molecular weight excluding hydrogens is 348 g/mol. The number of benzene rings is 1. The molecule has 6 nitrogen and oxygen atoms in total. The Labute approximate surface area is 140 Å². The fourth-order valence-corrected chi connectivity index (χ4v) is 2.44. The van der Waals surface area contributed by atoms with Crippen LogP contribution in [0.2, 0.25) is 10.3 Å². The van der Waals surface area contributed by atoms with E-state index in [1.165, 1.54) is 6.07 Å². The van der Waals surface area contributed by atoms with Crippen molar-refractivity contribution in [2.75, 3.05) is 5.32 Å². The van der Waals surface area contributed by atoms with Gasteiger partial charge in [-0.3, -0.25) is 14.9 Å². The van der Waals surface area contributed by atoms with E-state index in [1.807, 2.05) is 6.92 Å². The zero-order valence-corrected chi connectivity index (χ0v) is 13.3. The number of non-ortho nitro benzene ring substituents is 1. The van der Waals surface area contributed by atoms with Gasteiger partial charge in [-0.2, -0.15) is 0 Å². The standard InChI is InChI=1S/C14H10Cl2FN3O3/c1-2-7-5-11(15)18-13(16)12(7)19-14(21)9-4-3-8(20(22)23)6-10(9)17/h3-6H,2H2,1H3,(H,19,21). The maximum absolute atomic E-state index is 13.9. The largest absolute Gasteiger partial charge is 0.319 e. The summed E-state index contributed by atoms with van der Waals surface area (Å²) < 4.78 is 13.9. The van der Waals surface area contributed by atoms with E-state index in [0.717, 1.165) is 12.1 Å². The minimum Gasteiger partial charge on any atom is -0.319 e. The molecule has 2 aromatic rings. The van der Waals surface area contributed by atoms with Gasteiger partial charge in [-0.25, -0.2) is 9.37 Å². The maximum atomic E-state index is 13.9. The van der Waals surface area contributed by atoms with Crippen LogP contribution in [0.25, 0.3) is 0 Å². The molecule has 0 aliphatic rings. The lowest BCUT2D eigenvalue weighted by Crippen LogP contribution is -2.16. The number of aryl methyl sites for hydroxylation is 1. The third-order valence-corrected chi connectivity index (χ3v) is 3.52. The van der Waals surface area contributed by atoms with Gasteiger partial charge in [-0.1, -0.05) is 30.1 Å². The molecule has 0 atom stereocenters. The second-order valence-corrected chi connectivity index (χ2v) is 5.24. The fourth-order valence-electron chi connectivity index (χ4n) is 1.92. The van der Waals surface area contributed by atoms with Gasteiger partial charge in [0.15, 0.2) is 5.15 Å². The SMILES string of the molecule is CCc1cc(Cl)nc(Cl)c1NC(=O)c1ccc([N+](=O)[O-])cc1F. The van der Waals surface area contributed by atoms with Gasteiger partial charge in [-0.15, -0.1) is 0 Å². The number of carbonyl (C=O) groups is 1. The van der Waals surface area contributed by atoms with Gasteiger partial charge in [0.25, 0.3) is 11.6 Å². The monoisotopic (exact) mass is 357 g/mol. The van der Waals surface area contributed by atoms with Crippen molar-refractivity contribution in [1.82, 2.24) is 4.98 Å². The predicted molar refractivity (Wildman–Crippen MR) is 84.6 cm³/mol. The average Bonchev–Trinajstić information content (AvgIpc) is 2.49. The van der Waals surface area contributed by atoms with E-state index < -0.39 is 22.3 Å². The second-order valence-electron chi connectivity index (χ2n) is 4.50. The van der Waals surface area contributed by atoms with Gasteiger partial charge in [-0.05, 0) is 24.1 Å². The molecule has 1 aromatic heterocycles. The van der Waals surface area contributed by atoms with Crippen molar-refractivity contribution < 1.29 is 14.1 Å². The van der Waals surface area contributed by atoms with Crippen LogP contribution < -0.4 is 5.32 Å². The van der Waals surface area contributed by atoms with Crippen molar-refractivity contribution >= 4 is 40.5 Å². The Bertz CT molecular complexity index is 799. The highest BCUT2D eigenvalue weighted by atomic mass is 35.5. The van der Waals surface area contributed by atoms with Crippen molar-refractivity contribution in [2.45, 2.75) is 13.3 Å². The van der Waals surface area contributed by atoms with E-state index in [1.54, 1.807) is 0 Å². The maximum Gasteiger partial charge on any atom is 0.272 e. The van der Waals surface area contributed by atoms with Gasteiger partial charge < -0.3 is 5.32 Å². The third kappa shape index (κ3) is 3.75. The Kier molecular flexibility index (Phi) is 5.12. The number of amides is 1. The van der Waals surface area contributed by atoms with Gasteiger partial charge in [0.2, 0.25) is 0 Å². The van der Waals surface area contributed by atoms with E-state index in [2.05, 4.69) is 10.3 Å². The van der Waals surface area contributed by atoms with Gasteiger partial charge in [0, 0.05) is 6.07 Å². The van der Waals surface area contributed by atoms with Crippen LogP contribution in [-0.2, 0) is 6.42 Å². The third-order valence-electron chi connectivity index (χ3n) is 3.05. The van der Waals surface area contributed by atoms with Crippen LogP contribution in [0, 0.1) is 15.9 Å². The molecular formula is C14H10Cl2FN3O3. The number of halogens is 3. The van der Waals surface area contributed by atoms with Crippen molar-refractivity contribution in [2.24, 2.45) is 0 Å². The summed E-state index contributed by atoms with van der Waals surface area (Å²) >= 11 is 11.8. The lowest BCUT2D eigenvalue weighted by Gasteiger charge is -2.12. The number of aromatic nitrogens is 1. The molecule has 0 saturated carbocycles. The van der Waals surface area contributed by atoms with E-state index in [0.29, 0.717) is 18.1 Å². The zero-order valence-electron chi connectivity index (χ0n) is 11.8. The highest BCUT2D eigenvalue weighted by Crippen LogP contribution is 2.28. The molecule has 0 saturated heterocycles. The van der Waals surface area contributed by atoms with Crippen LogP contribution in [0.1, 0.15) is 22.8 Å². The molecule has 0 aliphatic carbocycles. The quantitative estimate of drug-likeness (QED) is 0.503. The van der Waals surface area contributed by atoms with E-state index in [9.17, 15) is 19.3 Å². The summed E-state index contributed by atoms with van der Waals surface area (Å²) in [7, 11) is 0. The Hall–Kier alpha value is -2.25. The summed E-state index contributed by atoms with van der Waals surface area (Å²) in [5.74, 6) is -1.80. The summed E-state index contributed by atoms with van der Waals surface area (Å²) in [4.78, 5) is 25.8. The minimum atomic E-state index is -1.01. The van der Waals surface area contributed by atoms with Crippen molar-refractivity contribution in [1.29, 1.82) is 0 Å². The highest BCUT2D eigenvalue weighted by Gasteiger charge is 2.19. The van der Waals surface area contributed by atoms with Crippen LogP contribution in [-0.4, -0.2) is 15.8 Å². The molecule has 2 rings (SSSR count). The lowest BCUT2D eigenvalue weighted by molar-refractivity contribution is -0.385. The topological polar surface area (TPSA) is 85.1 Å². The average molecular weight is 358 g/mol. The first kappa shape index (κ1) is 17.1. The van der Waals surface area contributed by atoms with Crippen LogP contribution in [0.15, 0.2) is 24.3 Å². The van der Waals surface area contributed by atoms with Crippen LogP contribution in [0.3, 0.4) is 0 Å². The van der Waals surface area contributed by atoms with E-state index in [-0.39, 0.29) is 21.6 Å². The number of nitrogens with one attached hydrogen (secondary N) is 1. The molecule has 9 heteroatoms. The number of carbonyl (C=O) groups excluding carboxylic acids is 1. The summed E-state index contributed by atoms with van der Waals surface area (Å²) in [5.41, 5.74) is 0.0650. The Balaban J connectivity index is 2.35. The van der Waals surface area contributed by atoms with E-state index >= 15 is 0 Å². The predicted octanol–water partition coefficient (Wildman–Crippen LogP) is 4.25. The number of pyridine rings is 1. The van der Waals surface area contributed by atoms with E-state index in [4.69, 9.17) is 23.2 Å². The summed E-state index contributed by atoms with van der Waals surface area (Å²) in [6.07, 6.45) is 0.514. The van der Waals surface area contributed by atoms with Crippen LogP contribution >= 0.6 is 23.2 Å². The van der Waals surface area contributed by atoms with Gasteiger partial charge >= 0.3 is 0 Å². The Morgan fingerprint density at radius 3 is 2.65 bits per heavy atom. The van der Waals surface area contributed by atoms with Crippen molar-refractivity contribution in [3.63, 3.8) is 0 Å². The van der Waals surface area contributed by atoms with Crippen molar-refractivity contribution in [3.05, 3.63) is 61.6 Å². The molecule has 0 spiro atoms. The fraction of sp³-hybridized carbons (Fsp3) is 0.143. The van der Waals surface area contributed by atoms with Crippen LogP contribution in [0.5, 0.6) is 0 Å². The summed E-state index contributed by atoms with van der Waals surface area (Å²) in [6.45, 7) is 1.82. The first-order valence-corrected chi connectivity index (χ1v) is 7.19. The molecule has 1 N–H and O–H groups in total. The normalized spacial score (nSPS) is 10.4. The summed E-state index contributed by atoms with van der Waals surface area (Å²) in [6, 6.07) is 4.29. The number of nitro benzene ring substituents is 1. The van der Waals surface area contributed by atoms with Gasteiger partial charge in [0.05, 0.1) is 22.2 Å². The molecule has 0 aliphatic heterocycles. The van der Waals surface area contributed by atoms with Crippen LogP contribution in [0.4, 0.5) is 15.8 Å². The summed E-state index contributed by atoms with van der Waals surface area (Å²) in [5, 5.41) is 13.2. The Morgan fingerprint density at radius 1 is 1.39 bits per heavy atom. The number of nitrogens with zero attached hydrogens (tertiary/aromatic N) is 2. The number of nitro groups is 1. The number of rotatable bonds is 4. The lowest BCUT2D eigenvalue weighted by atomic mass is 10.1. The number of anilines is 1. The zero-order chi connectivity index (χ0) is 17.1. The van der Waals surface area contributed by atoms with Gasteiger partial charge in [0.1, 0.15) is 11.0 Å². The van der Waals surface area contributed by atoms with Crippen molar-refractivity contribution in [3.8, 4) is 0 Å². The second kappa shape index (κ2) is 6.89. The molecule has 1 amide bonds. The smallest absolute Gasteiger partial charge is 0.272 e. The molecule has 120 valence electrons. The molecule has 0 fully saturated rings.